The van der Waals surface area contributed by atoms with Crippen molar-refractivity contribution in [2.24, 2.45) is 0 Å². The summed E-state index contributed by atoms with van der Waals surface area (Å²) in [6, 6.07) is 1.29. The van der Waals surface area contributed by atoms with E-state index < -0.39 is 19.1 Å². The monoisotopic (exact) mass is 1090 g/mol. The van der Waals surface area contributed by atoms with Crippen LogP contribution in [0.15, 0.2) is 79.3 Å². The molecule has 0 bridgehead atoms. The summed E-state index contributed by atoms with van der Waals surface area (Å²) in [4.78, 5) is 27.5. The van der Waals surface area contributed by atoms with E-state index in [1.807, 2.05) is 103 Å². The molecule has 0 aliphatic rings. The highest BCUT2D eigenvalue weighted by atomic mass is 79.9. The first-order valence-electron chi connectivity index (χ1n) is 22.3. The lowest BCUT2D eigenvalue weighted by Gasteiger charge is -1.93. The van der Waals surface area contributed by atoms with Crippen molar-refractivity contribution in [2.45, 2.75) is 145 Å². The van der Waals surface area contributed by atoms with Crippen LogP contribution in [0.25, 0.3) is 0 Å². The summed E-state index contributed by atoms with van der Waals surface area (Å²) in [5, 5.41) is 8.79. The smallest absolute Gasteiger partial charge is 0.299 e. The maximum atomic E-state index is 12.1. The first kappa shape index (κ1) is 63.1. The quantitative estimate of drug-likeness (QED) is 0.107. The van der Waals surface area contributed by atoms with Crippen LogP contribution in [0.1, 0.15) is 202 Å². The van der Waals surface area contributed by atoms with Crippen LogP contribution in [0.3, 0.4) is 0 Å². The molecule has 0 amide bonds. The molecule has 0 unspecified atom stereocenters. The molecule has 0 saturated carbocycles. The topological polar surface area (TPSA) is 206 Å². The van der Waals surface area contributed by atoms with E-state index in [0.717, 1.165) is 12.1 Å². The van der Waals surface area contributed by atoms with Crippen molar-refractivity contribution >= 4 is 27.5 Å². The van der Waals surface area contributed by atoms with Gasteiger partial charge in [0.1, 0.15) is 43.6 Å². The number of terminal acetylenes is 1. The van der Waals surface area contributed by atoms with Crippen molar-refractivity contribution in [1.29, 1.82) is 5.26 Å². The summed E-state index contributed by atoms with van der Waals surface area (Å²) >= 11 is 8.67. The fraction of sp³-hybridized carbons (Fsp3) is 0.451. The van der Waals surface area contributed by atoms with Crippen molar-refractivity contribution in [2.75, 3.05) is 6.67 Å². The second-order valence-electron chi connectivity index (χ2n) is 16.6. The Morgan fingerprint density at radius 1 is 0.556 bits per heavy atom. The zero-order valence-corrected chi connectivity index (χ0v) is 45.0. The Balaban J connectivity index is 0.000000422. The molecule has 0 fully saturated rings. The van der Waals surface area contributed by atoms with Gasteiger partial charge >= 0.3 is 0 Å². The Labute approximate surface area is 431 Å². The summed E-state index contributed by atoms with van der Waals surface area (Å²) in [7, 11) is 0. The molecule has 0 aliphatic carbocycles. The van der Waals surface area contributed by atoms with Gasteiger partial charge in [0, 0.05) is 41.4 Å². The minimum atomic E-state index is -2.63. The lowest BCUT2D eigenvalue weighted by atomic mass is 10.2. The van der Waals surface area contributed by atoms with Crippen LogP contribution in [0.2, 0.25) is 5.15 Å². The van der Waals surface area contributed by atoms with Gasteiger partial charge in [-0.1, -0.05) is 114 Å². The minimum absolute atomic E-state index is 0.141. The Hall–Kier alpha value is -6.87. The van der Waals surface area contributed by atoms with Gasteiger partial charge in [0.2, 0.25) is 0 Å². The Morgan fingerprint density at radius 3 is 1.19 bits per heavy atom. The van der Waals surface area contributed by atoms with E-state index >= 15 is 0 Å². The normalized spacial score (nSPS) is 10.2. The third kappa shape index (κ3) is 25.8. The molecule has 72 heavy (non-hydrogen) atoms. The fourth-order valence-electron chi connectivity index (χ4n) is 4.30. The highest BCUT2D eigenvalue weighted by Gasteiger charge is 2.10. The number of hydrogen-bond donors (Lipinski definition) is 0. The highest BCUT2D eigenvalue weighted by Crippen LogP contribution is 2.19. The zero-order valence-electron chi connectivity index (χ0n) is 42.6. The molecule has 388 valence electrons. The molecule has 0 radical (unpaired) electrons. The van der Waals surface area contributed by atoms with Crippen LogP contribution < -0.4 is 0 Å². The molecular weight excluding hydrogens is 1030 g/mol. The average molecular weight is 1090 g/mol. The molecule has 7 aromatic heterocycles. The number of halogens is 6. The number of alkyl halides is 3. The van der Waals surface area contributed by atoms with E-state index in [0.29, 0.717) is 80.0 Å². The zero-order chi connectivity index (χ0) is 54.5. The Morgan fingerprint density at radius 2 is 0.931 bits per heavy atom. The number of hydrogen-bond acceptors (Lipinski definition) is 15. The van der Waals surface area contributed by atoms with Crippen LogP contribution in [0.5, 0.6) is 0 Å². The van der Waals surface area contributed by atoms with Crippen molar-refractivity contribution in [3.8, 4) is 42.1 Å². The van der Waals surface area contributed by atoms with E-state index in [9.17, 15) is 17.6 Å². The van der Waals surface area contributed by atoms with Gasteiger partial charge in [0.25, 0.3) is 12.4 Å². The molecule has 0 spiro atoms. The summed E-state index contributed by atoms with van der Waals surface area (Å²) in [5.41, 5.74) is 1.67. The van der Waals surface area contributed by atoms with Crippen molar-refractivity contribution in [1.82, 2.24) is 34.9 Å². The molecule has 15 nitrogen and oxygen atoms in total. The van der Waals surface area contributed by atoms with Crippen molar-refractivity contribution in [3.05, 3.63) is 124 Å². The van der Waals surface area contributed by atoms with Crippen LogP contribution >= 0.6 is 27.5 Å². The summed E-state index contributed by atoms with van der Waals surface area (Å²) in [5.74, 6) is 17.3. The Bertz CT molecular complexity index is 2640. The van der Waals surface area contributed by atoms with Crippen LogP contribution in [-0.4, -0.2) is 48.0 Å². The van der Waals surface area contributed by atoms with Gasteiger partial charge in [0.15, 0.2) is 80.5 Å². The molecular formula is C51H60BrClF4N8O7. The van der Waals surface area contributed by atoms with E-state index in [1.165, 1.54) is 31.3 Å². The Kier molecular flexibility index (Phi) is 29.5. The van der Waals surface area contributed by atoms with Gasteiger partial charge in [-0.05, 0) is 39.6 Å². The minimum Gasteiger partial charge on any atom is -0.447 e. The van der Waals surface area contributed by atoms with Gasteiger partial charge in [-0.15, -0.1) is 6.42 Å². The van der Waals surface area contributed by atoms with Gasteiger partial charge in [-0.3, -0.25) is 0 Å². The number of nitrogens with zero attached hydrogens (tertiary/aromatic N) is 8. The van der Waals surface area contributed by atoms with E-state index in [4.69, 9.17) is 49.8 Å². The maximum Gasteiger partial charge on any atom is 0.299 e. The molecule has 21 heteroatoms. The lowest BCUT2D eigenvalue weighted by Crippen LogP contribution is -1.87. The van der Waals surface area contributed by atoms with Gasteiger partial charge in [0.05, 0.1) is 6.20 Å². The number of nitriles is 1. The molecule has 0 saturated heterocycles. The predicted molar refractivity (Wildman–Crippen MR) is 265 cm³/mol. The average Bonchev–Trinajstić information content (AvgIpc) is 4.18. The van der Waals surface area contributed by atoms with Crippen LogP contribution in [0, 0.1) is 53.4 Å². The SMILES string of the molecule is C#Cc1coc(C(C)C)n1.CC(C)c1nc(C#CC(F)F)co1.CC(C)c1nc(C#CCF)co1.CC(C)c1nc(C#N)co1.CC(C)c1nc(Cl)co1.CC(C)c1ncc(Br)o1.CC(C)c1ncc(F)o1. The summed E-state index contributed by atoms with van der Waals surface area (Å²) in [6.07, 6.45) is 12.2. The summed E-state index contributed by atoms with van der Waals surface area (Å²) < 4.78 is 82.5. The number of aromatic nitrogens is 7. The van der Waals surface area contributed by atoms with Gasteiger partial charge in [-0.2, -0.15) is 18.4 Å². The third-order valence-electron chi connectivity index (χ3n) is 7.88. The van der Waals surface area contributed by atoms with Crippen molar-refractivity contribution in [3.63, 3.8) is 0 Å². The standard InChI is InChI=1S/C9H9F2NO.C9H10FNO.C8H9NO.C7H8N2O.C6H8BrNO.C6H8ClNO.C6H8FNO/c1-6(2)9-12-7(5-13-9)3-4-8(10)11;1-7(2)9-11-8(6-12-9)4-3-5-10;1-4-7-5-10-8(9-7)6(2)3;1-5(2)7-9-6(3-8)4-10-7;1-4(2)6-8-3-5(7)9-6;1-4(2)6-8-5(7)3-9-6;1-4(2)6-8-3-5(7)9-6/h5-6,8H,1-2H3;6-7H,5H2,1-2H3;1,5-6H,2-3H3;4-5H,1-2H3;3*3-4H,1-2H3. The second kappa shape index (κ2) is 33.7. The number of rotatable bonds is 7. The summed E-state index contributed by atoms with van der Waals surface area (Å²) in [6.45, 7) is 26.9. The van der Waals surface area contributed by atoms with Crippen molar-refractivity contribution < 1.29 is 48.5 Å². The molecule has 0 aromatic carbocycles. The van der Waals surface area contributed by atoms with Crippen LogP contribution in [-0.2, 0) is 0 Å². The molecule has 0 atom stereocenters. The largest absolute Gasteiger partial charge is 0.447 e. The molecule has 7 aromatic rings. The first-order chi connectivity index (χ1) is 33.9. The maximum absolute atomic E-state index is 12.1. The number of oxazole rings is 7. The molecule has 0 aliphatic heterocycles. The van der Waals surface area contributed by atoms with Gasteiger partial charge < -0.3 is 30.9 Å². The molecule has 7 rings (SSSR count). The highest BCUT2D eigenvalue weighted by molar-refractivity contribution is 9.10. The second-order valence-corrected chi connectivity index (χ2v) is 17.8. The fourth-order valence-corrected chi connectivity index (χ4v) is 4.69. The third-order valence-corrected chi connectivity index (χ3v) is 8.43. The lowest BCUT2D eigenvalue weighted by molar-refractivity contribution is 0.215. The van der Waals surface area contributed by atoms with Gasteiger partial charge in [-0.25, -0.2) is 39.3 Å². The van der Waals surface area contributed by atoms with E-state index in [-0.39, 0.29) is 29.4 Å². The first-order valence-corrected chi connectivity index (χ1v) is 23.4. The van der Waals surface area contributed by atoms with E-state index in [1.54, 1.807) is 12.1 Å². The predicted octanol–water partition coefficient (Wildman–Crippen LogP) is 14.9. The molecule has 7 heterocycles. The van der Waals surface area contributed by atoms with E-state index in [2.05, 4.69) is 78.9 Å². The molecule has 0 N–H and O–H groups in total. The van der Waals surface area contributed by atoms with Crippen LogP contribution in [0.4, 0.5) is 17.6 Å².